The molecule has 1 aromatic carbocycles. The third-order valence-electron chi connectivity index (χ3n) is 3.47. The van der Waals surface area contributed by atoms with Crippen molar-refractivity contribution in [3.05, 3.63) is 51.6 Å². The summed E-state index contributed by atoms with van der Waals surface area (Å²) in [5, 5.41) is 5.32. The molecule has 0 aliphatic heterocycles. The van der Waals surface area contributed by atoms with Gasteiger partial charge in [0, 0.05) is 17.1 Å². The van der Waals surface area contributed by atoms with Crippen molar-refractivity contribution in [2.45, 2.75) is 0 Å². The summed E-state index contributed by atoms with van der Waals surface area (Å²) in [4.78, 5) is 20.6. The van der Waals surface area contributed by atoms with Gasteiger partial charge in [-0.3, -0.25) is 10.1 Å². The molecule has 26 heavy (non-hydrogen) atoms. The van der Waals surface area contributed by atoms with Gasteiger partial charge in [0.25, 0.3) is 5.91 Å². The van der Waals surface area contributed by atoms with E-state index in [0.717, 1.165) is 5.56 Å². The number of carbonyl (C=O) groups excluding carboxylic acids is 1. The molecule has 0 unspecified atom stereocenters. The largest absolute Gasteiger partial charge is 0.497 e. The number of methoxy groups -OCH3 is 2. The third-order valence-corrected chi connectivity index (χ3v) is 4.91. The van der Waals surface area contributed by atoms with E-state index < -0.39 is 0 Å². The molecule has 0 saturated heterocycles. The Morgan fingerprint density at radius 1 is 1.19 bits per heavy atom. The molecular formula is C17H13Cl2N3O3S. The van der Waals surface area contributed by atoms with Crippen LogP contribution in [-0.4, -0.2) is 30.1 Å². The van der Waals surface area contributed by atoms with Gasteiger partial charge in [0.15, 0.2) is 5.13 Å². The highest BCUT2D eigenvalue weighted by atomic mass is 35.5. The first-order valence-corrected chi connectivity index (χ1v) is 8.95. The highest BCUT2D eigenvalue weighted by Crippen LogP contribution is 2.35. The van der Waals surface area contributed by atoms with E-state index in [-0.39, 0.29) is 21.6 Å². The lowest BCUT2D eigenvalue weighted by molar-refractivity contribution is 0.102. The van der Waals surface area contributed by atoms with Crippen molar-refractivity contribution in [1.29, 1.82) is 0 Å². The summed E-state index contributed by atoms with van der Waals surface area (Å²) in [5.74, 6) is 0.957. The van der Waals surface area contributed by atoms with E-state index >= 15 is 0 Å². The fourth-order valence-corrected chi connectivity index (χ4v) is 3.16. The van der Waals surface area contributed by atoms with E-state index in [1.54, 1.807) is 26.4 Å². The number of aromatic nitrogens is 2. The molecular weight excluding hydrogens is 397 g/mol. The van der Waals surface area contributed by atoms with Crippen molar-refractivity contribution >= 4 is 45.6 Å². The normalized spacial score (nSPS) is 10.5. The van der Waals surface area contributed by atoms with Crippen LogP contribution in [-0.2, 0) is 0 Å². The van der Waals surface area contributed by atoms with E-state index in [0.29, 0.717) is 22.3 Å². The van der Waals surface area contributed by atoms with Gasteiger partial charge in [0.1, 0.15) is 16.7 Å². The van der Waals surface area contributed by atoms with Crippen molar-refractivity contribution in [2.24, 2.45) is 0 Å². The lowest BCUT2D eigenvalue weighted by Crippen LogP contribution is -2.12. The van der Waals surface area contributed by atoms with Crippen LogP contribution in [0, 0.1) is 0 Å². The number of nitrogens with zero attached hydrogens (tertiary/aromatic N) is 2. The highest BCUT2D eigenvalue weighted by molar-refractivity contribution is 7.14. The summed E-state index contributed by atoms with van der Waals surface area (Å²) in [5.41, 5.74) is 1.71. The number of carbonyl (C=O) groups is 1. The Kier molecular flexibility index (Phi) is 5.61. The van der Waals surface area contributed by atoms with Crippen molar-refractivity contribution in [3.8, 4) is 22.8 Å². The van der Waals surface area contributed by atoms with E-state index in [2.05, 4.69) is 15.3 Å². The van der Waals surface area contributed by atoms with E-state index in [4.69, 9.17) is 32.7 Å². The predicted molar refractivity (Wildman–Crippen MR) is 103 cm³/mol. The molecule has 0 radical (unpaired) electrons. The predicted octanol–water partition coefficient (Wildman–Crippen LogP) is 4.78. The van der Waals surface area contributed by atoms with Crippen molar-refractivity contribution in [2.75, 3.05) is 19.5 Å². The Morgan fingerprint density at radius 2 is 2.00 bits per heavy atom. The van der Waals surface area contributed by atoms with E-state index in [9.17, 15) is 4.79 Å². The first-order chi connectivity index (χ1) is 12.5. The number of nitrogens with one attached hydrogen (secondary N) is 1. The molecule has 9 heteroatoms. The van der Waals surface area contributed by atoms with Crippen LogP contribution in [0.2, 0.25) is 10.2 Å². The van der Waals surface area contributed by atoms with Gasteiger partial charge in [-0.15, -0.1) is 11.3 Å². The molecule has 3 aromatic rings. The zero-order chi connectivity index (χ0) is 18.7. The molecule has 1 N–H and O–H groups in total. The Balaban J connectivity index is 1.84. The second kappa shape index (κ2) is 7.90. The van der Waals surface area contributed by atoms with Crippen LogP contribution in [0.25, 0.3) is 11.3 Å². The van der Waals surface area contributed by atoms with Crippen molar-refractivity contribution < 1.29 is 14.3 Å². The average molecular weight is 410 g/mol. The molecule has 3 rings (SSSR count). The average Bonchev–Trinajstić information content (AvgIpc) is 3.11. The lowest BCUT2D eigenvalue weighted by Gasteiger charge is -2.08. The monoisotopic (exact) mass is 409 g/mol. The van der Waals surface area contributed by atoms with Crippen LogP contribution in [0.4, 0.5) is 5.13 Å². The quantitative estimate of drug-likeness (QED) is 0.613. The summed E-state index contributed by atoms with van der Waals surface area (Å²) in [7, 11) is 3.17. The molecule has 0 aliphatic rings. The Labute approximate surface area is 163 Å². The van der Waals surface area contributed by atoms with Gasteiger partial charge in [-0.1, -0.05) is 23.2 Å². The molecule has 0 aliphatic carbocycles. The van der Waals surface area contributed by atoms with Crippen LogP contribution in [0.5, 0.6) is 11.5 Å². The van der Waals surface area contributed by atoms with Gasteiger partial charge in [0.2, 0.25) is 0 Å². The van der Waals surface area contributed by atoms with E-state index in [1.807, 2.05) is 11.4 Å². The Hall–Kier alpha value is -2.35. The molecule has 134 valence electrons. The summed E-state index contributed by atoms with van der Waals surface area (Å²) in [6, 6.07) is 6.87. The minimum absolute atomic E-state index is 0.143. The fourth-order valence-electron chi connectivity index (χ4n) is 2.18. The number of rotatable bonds is 5. The van der Waals surface area contributed by atoms with Crippen molar-refractivity contribution in [1.82, 2.24) is 9.97 Å². The van der Waals surface area contributed by atoms with Gasteiger partial charge in [-0.05, 0) is 24.3 Å². The minimum atomic E-state index is -0.380. The number of anilines is 1. The Morgan fingerprint density at radius 3 is 2.69 bits per heavy atom. The van der Waals surface area contributed by atoms with Gasteiger partial charge in [0.05, 0.1) is 30.5 Å². The lowest BCUT2D eigenvalue weighted by atomic mass is 10.1. The summed E-state index contributed by atoms with van der Waals surface area (Å²) < 4.78 is 10.6. The highest BCUT2D eigenvalue weighted by Gasteiger charge is 2.14. The van der Waals surface area contributed by atoms with E-state index in [1.165, 1.54) is 23.6 Å². The topological polar surface area (TPSA) is 73.3 Å². The number of benzene rings is 1. The molecule has 1 amide bonds. The zero-order valence-corrected chi connectivity index (χ0v) is 16.1. The van der Waals surface area contributed by atoms with Gasteiger partial charge in [-0.25, -0.2) is 9.97 Å². The second-order valence-corrected chi connectivity index (χ2v) is 6.68. The molecule has 2 aromatic heterocycles. The fraction of sp³-hybridized carbons (Fsp3) is 0.118. The Bertz CT molecular complexity index is 962. The number of halogens is 2. The summed E-state index contributed by atoms with van der Waals surface area (Å²) >= 11 is 12.9. The number of pyridine rings is 1. The van der Waals surface area contributed by atoms with Gasteiger partial charge >= 0.3 is 0 Å². The van der Waals surface area contributed by atoms with Gasteiger partial charge < -0.3 is 9.47 Å². The maximum atomic E-state index is 12.3. The van der Waals surface area contributed by atoms with Gasteiger partial charge in [-0.2, -0.15) is 0 Å². The zero-order valence-electron chi connectivity index (χ0n) is 13.7. The van der Waals surface area contributed by atoms with Crippen LogP contribution in [0.3, 0.4) is 0 Å². The van der Waals surface area contributed by atoms with Crippen LogP contribution in [0.1, 0.15) is 10.4 Å². The number of amides is 1. The standard InChI is InChI=1S/C17H13Cl2N3O3S/c1-24-10-3-4-14(25-2)11(6-10)13-8-26-17(21-13)22-16(23)9-5-12(18)15(19)20-7-9/h3-8H,1-2H3,(H,21,22,23). The molecule has 0 atom stereocenters. The summed E-state index contributed by atoms with van der Waals surface area (Å²) in [6.07, 6.45) is 1.35. The van der Waals surface area contributed by atoms with Crippen LogP contribution < -0.4 is 14.8 Å². The number of hydrogen-bond acceptors (Lipinski definition) is 6. The first-order valence-electron chi connectivity index (χ1n) is 7.32. The smallest absolute Gasteiger partial charge is 0.259 e. The maximum Gasteiger partial charge on any atom is 0.259 e. The second-order valence-electron chi connectivity index (χ2n) is 5.05. The first kappa shape index (κ1) is 18.4. The summed E-state index contributed by atoms with van der Waals surface area (Å²) in [6.45, 7) is 0. The molecule has 6 nitrogen and oxygen atoms in total. The SMILES string of the molecule is COc1ccc(OC)c(-c2csc(NC(=O)c3cnc(Cl)c(Cl)c3)n2)c1. The minimum Gasteiger partial charge on any atom is -0.497 e. The molecule has 0 bridgehead atoms. The maximum absolute atomic E-state index is 12.3. The number of hydrogen-bond donors (Lipinski definition) is 1. The van der Waals surface area contributed by atoms with Crippen LogP contribution in [0.15, 0.2) is 35.8 Å². The third kappa shape index (κ3) is 3.90. The molecule has 0 fully saturated rings. The molecule has 0 saturated carbocycles. The number of ether oxygens (including phenoxy) is 2. The van der Waals surface area contributed by atoms with Crippen molar-refractivity contribution in [3.63, 3.8) is 0 Å². The molecule has 0 spiro atoms. The molecule has 2 heterocycles. The number of thiazole rings is 1. The van der Waals surface area contributed by atoms with Crippen LogP contribution >= 0.6 is 34.5 Å².